The predicted octanol–water partition coefficient (Wildman–Crippen LogP) is 2.91. The van der Waals surface area contributed by atoms with Gasteiger partial charge in [0.25, 0.3) is 0 Å². The SMILES string of the molecule is CCCSc1cccc(OC(=O)NC)c1. The van der Waals surface area contributed by atoms with Crippen LogP contribution in [0.3, 0.4) is 0 Å². The van der Waals surface area contributed by atoms with Crippen LogP contribution >= 0.6 is 11.8 Å². The van der Waals surface area contributed by atoms with Crippen LogP contribution in [0.25, 0.3) is 0 Å². The number of nitrogens with one attached hydrogen (secondary N) is 1. The van der Waals surface area contributed by atoms with E-state index >= 15 is 0 Å². The Kier molecular flexibility index (Phi) is 5.04. The highest BCUT2D eigenvalue weighted by Crippen LogP contribution is 2.23. The van der Waals surface area contributed by atoms with E-state index in [4.69, 9.17) is 4.74 Å². The molecule has 0 aliphatic heterocycles. The van der Waals surface area contributed by atoms with Crippen molar-refractivity contribution in [2.24, 2.45) is 0 Å². The number of amides is 1. The molecule has 0 aliphatic rings. The summed E-state index contributed by atoms with van der Waals surface area (Å²) in [6, 6.07) is 7.54. The Labute approximate surface area is 94.2 Å². The molecule has 1 amide bonds. The molecule has 0 aliphatic carbocycles. The molecule has 0 radical (unpaired) electrons. The Bertz CT molecular complexity index is 328. The molecule has 4 heteroatoms. The van der Waals surface area contributed by atoms with Gasteiger partial charge in [0.1, 0.15) is 5.75 Å². The van der Waals surface area contributed by atoms with Gasteiger partial charge in [-0.2, -0.15) is 0 Å². The van der Waals surface area contributed by atoms with Crippen molar-refractivity contribution >= 4 is 17.9 Å². The van der Waals surface area contributed by atoms with E-state index in [1.165, 1.54) is 7.05 Å². The first-order chi connectivity index (χ1) is 7.26. The van der Waals surface area contributed by atoms with Gasteiger partial charge in [0, 0.05) is 11.9 Å². The smallest absolute Gasteiger partial charge is 0.410 e. The van der Waals surface area contributed by atoms with Gasteiger partial charge in [-0.1, -0.05) is 13.0 Å². The molecule has 0 spiro atoms. The zero-order valence-corrected chi connectivity index (χ0v) is 9.76. The highest BCUT2D eigenvalue weighted by atomic mass is 32.2. The standard InChI is InChI=1S/C11H15NO2S/c1-3-7-15-10-6-4-5-9(8-10)14-11(13)12-2/h4-6,8H,3,7H2,1-2H3,(H,12,13). The van der Waals surface area contributed by atoms with Crippen molar-refractivity contribution in [2.45, 2.75) is 18.2 Å². The third-order valence-corrected chi connectivity index (χ3v) is 2.89. The highest BCUT2D eigenvalue weighted by molar-refractivity contribution is 7.99. The quantitative estimate of drug-likeness (QED) is 0.801. The Morgan fingerprint density at radius 3 is 3.00 bits per heavy atom. The lowest BCUT2D eigenvalue weighted by Crippen LogP contribution is -2.21. The molecule has 15 heavy (non-hydrogen) atoms. The van der Waals surface area contributed by atoms with Crippen LogP contribution in [-0.2, 0) is 0 Å². The minimum absolute atomic E-state index is 0.437. The number of carbonyl (C=O) groups excluding carboxylic acids is 1. The van der Waals surface area contributed by atoms with Gasteiger partial charge >= 0.3 is 6.09 Å². The van der Waals surface area contributed by atoms with E-state index < -0.39 is 6.09 Å². The molecule has 0 atom stereocenters. The number of thioether (sulfide) groups is 1. The number of rotatable bonds is 4. The van der Waals surface area contributed by atoms with E-state index in [-0.39, 0.29) is 0 Å². The summed E-state index contributed by atoms with van der Waals surface area (Å²) >= 11 is 1.76. The first-order valence-corrected chi connectivity index (χ1v) is 5.87. The summed E-state index contributed by atoms with van der Waals surface area (Å²) in [5.41, 5.74) is 0. The molecule has 0 heterocycles. The predicted molar refractivity (Wildman–Crippen MR) is 62.5 cm³/mol. The van der Waals surface area contributed by atoms with Gasteiger partial charge in [0.15, 0.2) is 0 Å². The van der Waals surface area contributed by atoms with Gasteiger partial charge in [-0.25, -0.2) is 4.79 Å². The first-order valence-electron chi connectivity index (χ1n) is 4.88. The van der Waals surface area contributed by atoms with Crippen LogP contribution in [0.1, 0.15) is 13.3 Å². The maximum Gasteiger partial charge on any atom is 0.412 e. The summed E-state index contributed by atoms with van der Waals surface area (Å²) in [4.78, 5) is 12.1. The summed E-state index contributed by atoms with van der Waals surface area (Å²) < 4.78 is 5.02. The van der Waals surface area contributed by atoms with Crippen LogP contribution in [0, 0.1) is 0 Å². The summed E-state index contributed by atoms with van der Waals surface area (Å²) in [6.45, 7) is 2.14. The molecule has 1 aromatic rings. The second kappa shape index (κ2) is 6.35. The van der Waals surface area contributed by atoms with Gasteiger partial charge in [-0.3, -0.25) is 0 Å². The summed E-state index contributed by atoms with van der Waals surface area (Å²) in [5.74, 6) is 1.65. The fraction of sp³-hybridized carbons (Fsp3) is 0.364. The molecule has 0 bridgehead atoms. The second-order valence-electron chi connectivity index (χ2n) is 2.96. The highest BCUT2D eigenvalue weighted by Gasteiger charge is 2.01. The van der Waals surface area contributed by atoms with E-state index in [9.17, 15) is 4.79 Å². The first kappa shape index (κ1) is 11.9. The van der Waals surface area contributed by atoms with Crippen molar-refractivity contribution in [3.63, 3.8) is 0 Å². The van der Waals surface area contributed by atoms with E-state index in [1.54, 1.807) is 17.8 Å². The second-order valence-corrected chi connectivity index (χ2v) is 4.13. The van der Waals surface area contributed by atoms with Gasteiger partial charge in [-0.15, -0.1) is 11.8 Å². The molecular formula is C11H15NO2S. The monoisotopic (exact) mass is 225 g/mol. The molecule has 0 aromatic heterocycles. The van der Waals surface area contributed by atoms with E-state index in [0.717, 1.165) is 17.1 Å². The molecule has 0 unspecified atom stereocenters. The minimum atomic E-state index is -0.437. The van der Waals surface area contributed by atoms with E-state index in [2.05, 4.69) is 12.2 Å². The largest absolute Gasteiger partial charge is 0.412 e. The van der Waals surface area contributed by atoms with Crippen LogP contribution in [-0.4, -0.2) is 18.9 Å². The Balaban J connectivity index is 2.61. The number of ether oxygens (including phenoxy) is 1. The van der Waals surface area contributed by atoms with Gasteiger partial charge in [-0.05, 0) is 30.4 Å². The molecule has 0 fully saturated rings. The van der Waals surface area contributed by atoms with Crippen molar-refractivity contribution < 1.29 is 9.53 Å². The topological polar surface area (TPSA) is 38.3 Å². The van der Waals surface area contributed by atoms with E-state index in [0.29, 0.717) is 5.75 Å². The third-order valence-electron chi connectivity index (χ3n) is 1.69. The van der Waals surface area contributed by atoms with Crippen LogP contribution < -0.4 is 10.1 Å². The maximum absolute atomic E-state index is 11.0. The Morgan fingerprint density at radius 2 is 2.33 bits per heavy atom. The lowest BCUT2D eigenvalue weighted by atomic mass is 10.3. The van der Waals surface area contributed by atoms with Crippen molar-refractivity contribution in [1.29, 1.82) is 0 Å². The zero-order valence-electron chi connectivity index (χ0n) is 8.95. The van der Waals surface area contributed by atoms with Crippen molar-refractivity contribution in [2.75, 3.05) is 12.8 Å². The van der Waals surface area contributed by atoms with Crippen molar-refractivity contribution in [1.82, 2.24) is 5.32 Å². The van der Waals surface area contributed by atoms with Gasteiger partial charge < -0.3 is 10.1 Å². The normalized spacial score (nSPS) is 9.73. The molecule has 3 nitrogen and oxygen atoms in total. The lowest BCUT2D eigenvalue weighted by molar-refractivity contribution is 0.203. The summed E-state index contributed by atoms with van der Waals surface area (Å²) in [6.07, 6.45) is 0.693. The molecule has 1 rings (SSSR count). The number of carbonyl (C=O) groups is 1. The molecule has 1 N–H and O–H groups in total. The average Bonchev–Trinajstić information content (AvgIpc) is 2.26. The van der Waals surface area contributed by atoms with Crippen LogP contribution in [0.15, 0.2) is 29.2 Å². The lowest BCUT2D eigenvalue weighted by Gasteiger charge is -2.05. The van der Waals surface area contributed by atoms with Crippen molar-refractivity contribution in [3.05, 3.63) is 24.3 Å². The van der Waals surface area contributed by atoms with Crippen LogP contribution in [0.4, 0.5) is 4.79 Å². The number of benzene rings is 1. The third kappa shape index (κ3) is 4.25. The number of hydrogen-bond acceptors (Lipinski definition) is 3. The molecular weight excluding hydrogens is 210 g/mol. The van der Waals surface area contributed by atoms with Crippen LogP contribution in [0.5, 0.6) is 5.75 Å². The van der Waals surface area contributed by atoms with E-state index in [1.807, 2.05) is 18.2 Å². The van der Waals surface area contributed by atoms with Gasteiger partial charge in [0.2, 0.25) is 0 Å². The fourth-order valence-corrected chi connectivity index (χ4v) is 1.82. The van der Waals surface area contributed by atoms with Crippen molar-refractivity contribution in [3.8, 4) is 5.75 Å². The zero-order chi connectivity index (χ0) is 11.1. The number of hydrogen-bond donors (Lipinski definition) is 1. The fourth-order valence-electron chi connectivity index (χ4n) is 1.01. The Morgan fingerprint density at radius 1 is 1.53 bits per heavy atom. The maximum atomic E-state index is 11.0. The van der Waals surface area contributed by atoms with Crippen LogP contribution in [0.2, 0.25) is 0 Å². The minimum Gasteiger partial charge on any atom is -0.410 e. The summed E-state index contributed by atoms with van der Waals surface area (Å²) in [5, 5.41) is 2.41. The molecule has 1 aromatic carbocycles. The van der Waals surface area contributed by atoms with Gasteiger partial charge in [0.05, 0.1) is 0 Å². The molecule has 0 saturated carbocycles. The molecule has 0 saturated heterocycles. The average molecular weight is 225 g/mol. The Hall–Kier alpha value is -1.16. The molecule has 82 valence electrons. The summed E-state index contributed by atoms with van der Waals surface area (Å²) in [7, 11) is 1.54.